The van der Waals surface area contributed by atoms with Crippen molar-refractivity contribution in [3.63, 3.8) is 0 Å². The number of nitrogens with zero attached hydrogens (tertiary/aromatic N) is 1. The second kappa shape index (κ2) is 3.91. The minimum Gasteiger partial charge on any atom is -0.304 e. The van der Waals surface area contributed by atoms with Crippen LogP contribution in [0.2, 0.25) is 0 Å². The van der Waals surface area contributed by atoms with Crippen molar-refractivity contribution in [3.8, 4) is 0 Å². The van der Waals surface area contributed by atoms with Crippen molar-refractivity contribution in [2.45, 2.75) is 25.4 Å². The Bertz CT molecular complexity index is 97.6. The molecule has 1 aliphatic heterocycles. The Hall–Kier alpha value is -0.120. The van der Waals surface area contributed by atoms with E-state index in [0.29, 0.717) is 0 Å². The van der Waals surface area contributed by atoms with E-state index in [9.17, 15) is 0 Å². The first-order valence-electron chi connectivity index (χ1n) is 3.87. The molecule has 0 amide bonds. The summed E-state index contributed by atoms with van der Waals surface area (Å²) in [6.45, 7) is 2.16. The van der Waals surface area contributed by atoms with Crippen LogP contribution in [-0.4, -0.2) is 31.1 Å². The lowest BCUT2D eigenvalue weighted by atomic mass is 10.2. The summed E-state index contributed by atoms with van der Waals surface area (Å²) in [7, 11) is 2.11. The molecule has 1 rings (SSSR count). The van der Waals surface area contributed by atoms with E-state index in [1.165, 1.54) is 19.4 Å². The third-order valence-corrected chi connectivity index (χ3v) is 2.02. The van der Waals surface area contributed by atoms with Crippen LogP contribution in [0.1, 0.15) is 19.3 Å². The zero-order valence-electron chi connectivity index (χ0n) is 6.55. The van der Waals surface area contributed by atoms with E-state index in [1.807, 2.05) is 0 Å². The number of hydrogen-bond acceptors (Lipinski definition) is 3. The van der Waals surface area contributed by atoms with Crippen LogP contribution in [0.25, 0.3) is 0 Å². The highest BCUT2D eigenvalue weighted by atomic mass is 16.6. The highest BCUT2D eigenvalue weighted by molar-refractivity contribution is 4.67. The molecule has 1 heterocycles. The van der Waals surface area contributed by atoms with Gasteiger partial charge in [0.05, 0.1) is 6.10 Å². The van der Waals surface area contributed by atoms with Crippen LogP contribution in [0.15, 0.2) is 0 Å². The molecule has 10 heavy (non-hydrogen) atoms. The summed E-state index contributed by atoms with van der Waals surface area (Å²) in [6, 6.07) is 0. The number of rotatable bonds is 1. The van der Waals surface area contributed by atoms with Crippen molar-refractivity contribution >= 4 is 0 Å². The van der Waals surface area contributed by atoms with Crippen molar-refractivity contribution in [3.05, 3.63) is 0 Å². The maximum Gasteiger partial charge on any atom is 0.0913 e. The van der Waals surface area contributed by atoms with Gasteiger partial charge in [0.15, 0.2) is 0 Å². The molecule has 1 saturated heterocycles. The normalized spacial score (nSPS) is 30.0. The summed E-state index contributed by atoms with van der Waals surface area (Å²) in [5, 5.41) is 0. The predicted molar refractivity (Wildman–Crippen MR) is 40.4 cm³/mol. The van der Waals surface area contributed by atoms with Crippen LogP contribution < -0.4 is 5.90 Å². The van der Waals surface area contributed by atoms with Gasteiger partial charge in [0.1, 0.15) is 0 Å². The monoisotopic (exact) mass is 144 g/mol. The molecule has 0 saturated carbocycles. The van der Waals surface area contributed by atoms with Crippen LogP contribution >= 0.6 is 0 Å². The van der Waals surface area contributed by atoms with E-state index in [-0.39, 0.29) is 6.10 Å². The molecule has 60 valence electrons. The van der Waals surface area contributed by atoms with E-state index >= 15 is 0 Å². The van der Waals surface area contributed by atoms with Gasteiger partial charge >= 0.3 is 0 Å². The highest BCUT2D eigenvalue weighted by Crippen LogP contribution is 2.10. The second-order valence-corrected chi connectivity index (χ2v) is 3.02. The molecule has 2 N–H and O–H groups in total. The zero-order chi connectivity index (χ0) is 7.40. The molecule has 3 heteroatoms. The number of hydrogen-bond donors (Lipinski definition) is 1. The smallest absolute Gasteiger partial charge is 0.0913 e. The molecule has 0 bridgehead atoms. The van der Waals surface area contributed by atoms with E-state index in [4.69, 9.17) is 10.7 Å². The molecule has 0 aromatic heterocycles. The average molecular weight is 144 g/mol. The second-order valence-electron chi connectivity index (χ2n) is 3.02. The summed E-state index contributed by atoms with van der Waals surface area (Å²) >= 11 is 0. The van der Waals surface area contributed by atoms with Gasteiger partial charge in [-0.3, -0.25) is 4.84 Å². The maximum absolute atomic E-state index is 5.11. The van der Waals surface area contributed by atoms with Gasteiger partial charge in [0.2, 0.25) is 0 Å². The van der Waals surface area contributed by atoms with Gasteiger partial charge in [0, 0.05) is 6.54 Å². The topological polar surface area (TPSA) is 38.5 Å². The van der Waals surface area contributed by atoms with Gasteiger partial charge in [-0.05, 0) is 32.9 Å². The van der Waals surface area contributed by atoms with E-state index in [1.54, 1.807) is 0 Å². The molecule has 0 aliphatic carbocycles. The van der Waals surface area contributed by atoms with Crippen LogP contribution in [0.5, 0.6) is 0 Å². The molecular formula is C7H16N2O. The molecule has 0 radical (unpaired) electrons. The number of nitrogens with two attached hydrogens (primary N) is 1. The standard InChI is InChI=1S/C7H16N2O/c1-9-5-3-2-4-7(6-9)10-8/h7H,2-6,8H2,1H3/t7-/m0/s1. The fourth-order valence-electron chi connectivity index (χ4n) is 1.40. The molecule has 0 aromatic carbocycles. The Morgan fingerprint density at radius 3 is 3.00 bits per heavy atom. The quantitative estimate of drug-likeness (QED) is 0.540. The first-order chi connectivity index (χ1) is 4.83. The zero-order valence-corrected chi connectivity index (χ0v) is 6.55. The molecule has 1 aliphatic rings. The lowest BCUT2D eigenvalue weighted by molar-refractivity contribution is 0.0331. The minimum absolute atomic E-state index is 0.257. The Balaban J connectivity index is 2.30. The molecular weight excluding hydrogens is 128 g/mol. The SMILES string of the molecule is CN1CCCC[C@H](ON)C1. The average Bonchev–Trinajstić information content (AvgIpc) is 2.13. The van der Waals surface area contributed by atoms with Gasteiger partial charge in [-0.15, -0.1) is 0 Å². The largest absolute Gasteiger partial charge is 0.304 e. The number of likely N-dealkylation sites (tertiary alicyclic amines) is 1. The summed E-state index contributed by atoms with van der Waals surface area (Å²) < 4.78 is 0. The molecule has 1 atom stereocenters. The molecule has 1 fully saturated rings. The fourth-order valence-corrected chi connectivity index (χ4v) is 1.40. The van der Waals surface area contributed by atoms with Crippen molar-refractivity contribution in [2.24, 2.45) is 5.90 Å². The lowest BCUT2D eigenvalue weighted by Crippen LogP contribution is -2.30. The van der Waals surface area contributed by atoms with E-state index < -0.39 is 0 Å². The fraction of sp³-hybridized carbons (Fsp3) is 1.00. The van der Waals surface area contributed by atoms with Gasteiger partial charge in [-0.2, -0.15) is 0 Å². The summed E-state index contributed by atoms with van der Waals surface area (Å²) in [5.41, 5.74) is 0. The van der Waals surface area contributed by atoms with Gasteiger partial charge in [0.25, 0.3) is 0 Å². The summed E-state index contributed by atoms with van der Waals surface area (Å²) in [6.07, 6.45) is 3.89. The van der Waals surface area contributed by atoms with E-state index in [2.05, 4.69) is 11.9 Å². The lowest BCUT2D eigenvalue weighted by Gasteiger charge is -2.17. The van der Waals surface area contributed by atoms with Crippen molar-refractivity contribution in [1.29, 1.82) is 0 Å². The number of likely N-dealkylation sites (N-methyl/N-ethyl adjacent to an activating group) is 1. The Morgan fingerprint density at radius 1 is 1.50 bits per heavy atom. The van der Waals surface area contributed by atoms with Crippen molar-refractivity contribution in [1.82, 2.24) is 4.90 Å². The maximum atomic E-state index is 5.11. The predicted octanol–water partition coefficient (Wildman–Crippen LogP) is 0.361. The Labute approximate surface area is 62.1 Å². The molecule has 0 aromatic rings. The third-order valence-electron chi connectivity index (χ3n) is 2.02. The first kappa shape index (κ1) is 7.98. The Morgan fingerprint density at radius 2 is 2.30 bits per heavy atom. The van der Waals surface area contributed by atoms with Crippen molar-refractivity contribution < 1.29 is 4.84 Å². The van der Waals surface area contributed by atoms with Crippen LogP contribution in [0, 0.1) is 0 Å². The summed E-state index contributed by atoms with van der Waals surface area (Å²) in [5.74, 6) is 5.11. The first-order valence-corrected chi connectivity index (χ1v) is 3.87. The highest BCUT2D eigenvalue weighted by Gasteiger charge is 2.14. The third kappa shape index (κ3) is 2.25. The van der Waals surface area contributed by atoms with Crippen LogP contribution in [0.3, 0.4) is 0 Å². The van der Waals surface area contributed by atoms with E-state index in [0.717, 1.165) is 13.0 Å². The Kier molecular flexibility index (Phi) is 3.12. The van der Waals surface area contributed by atoms with Crippen molar-refractivity contribution in [2.75, 3.05) is 20.1 Å². The van der Waals surface area contributed by atoms with Gasteiger partial charge in [-0.1, -0.05) is 0 Å². The minimum atomic E-state index is 0.257. The van der Waals surface area contributed by atoms with Crippen LogP contribution in [-0.2, 0) is 4.84 Å². The molecule has 3 nitrogen and oxygen atoms in total. The van der Waals surface area contributed by atoms with Gasteiger partial charge in [-0.25, -0.2) is 5.90 Å². The summed E-state index contributed by atoms with van der Waals surface area (Å²) in [4.78, 5) is 7.07. The van der Waals surface area contributed by atoms with Crippen LogP contribution in [0.4, 0.5) is 0 Å². The molecule has 0 spiro atoms. The molecule has 0 unspecified atom stereocenters. The van der Waals surface area contributed by atoms with Gasteiger partial charge < -0.3 is 4.90 Å².